The summed E-state index contributed by atoms with van der Waals surface area (Å²) >= 11 is 0. The molecule has 32 heavy (non-hydrogen) atoms. The second-order valence-electron chi connectivity index (χ2n) is 7.49. The van der Waals surface area contributed by atoms with Crippen molar-refractivity contribution in [3.05, 3.63) is 53.9 Å². The first-order valence-corrected chi connectivity index (χ1v) is 10.1. The second-order valence-corrected chi connectivity index (χ2v) is 7.49. The molecule has 1 aliphatic carbocycles. The van der Waals surface area contributed by atoms with E-state index in [2.05, 4.69) is 20.4 Å². The van der Waals surface area contributed by atoms with Crippen LogP contribution in [0.15, 0.2) is 47.0 Å². The largest absolute Gasteiger partial charge is 0.481 e. The van der Waals surface area contributed by atoms with Gasteiger partial charge in [-0.1, -0.05) is 35.5 Å². The highest BCUT2D eigenvalue weighted by atomic mass is 16.5. The molecule has 3 atom stereocenters. The minimum atomic E-state index is -0.434. The molecule has 1 saturated carbocycles. The van der Waals surface area contributed by atoms with E-state index in [1.165, 1.54) is 14.2 Å². The van der Waals surface area contributed by atoms with Crippen molar-refractivity contribution in [3.63, 3.8) is 0 Å². The van der Waals surface area contributed by atoms with E-state index >= 15 is 0 Å². The molecule has 0 aliphatic heterocycles. The molecule has 1 aromatic carbocycles. The Hall–Kier alpha value is -3.95. The number of nitrogens with two attached hydrogens (primary N) is 1. The molecule has 0 saturated heterocycles. The van der Waals surface area contributed by atoms with E-state index < -0.39 is 23.8 Å². The molecule has 1 fully saturated rings. The Balaban J connectivity index is 1.58. The molecule has 1 aliphatic rings. The summed E-state index contributed by atoms with van der Waals surface area (Å²) in [5, 5.41) is 7.01. The maximum Gasteiger partial charge on any atom is 0.257 e. The number of primary amides is 1. The van der Waals surface area contributed by atoms with Crippen LogP contribution in [0.5, 0.6) is 11.8 Å². The minimum Gasteiger partial charge on any atom is -0.481 e. The SMILES string of the molecule is COc1ccc(C(=O)NC2CC(C(N)=O)CC2c2nc(-c3ccccc3)no2)c(OC)n1. The Labute approximate surface area is 184 Å². The number of hydrogen-bond acceptors (Lipinski definition) is 8. The standard InChI is InChI=1S/C22H23N5O5/c1-30-17-9-8-14(21(25-17)31-2)20(29)24-16-11-13(18(23)28)10-15(16)22-26-19(27-32-22)12-6-4-3-5-7-12/h3-9,13,15-16H,10-11H2,1-2H3,(H2,23,28)(H,24,29). The zero-order chi connectivity index (χ0) is 22.7. The quantitative estimate of drug-likeness (QED) is 0.571. The van der Waals surface area contributed by atoms with Crippen molar-refractivity contribution in [2.75, 3.05) is 14.2 Å². The number of benzene rings is 1. The van der Waals surface area contributed by atoms with Gasteiger partial charge >= 0.3 is 0 Å². The van der Waals surface area contributed by atoms with Gasteiger partial charge in [0, 0.05) is 23.6 Å². The maximum atomic E-state index is 13.0. The molecule has 3 N–H and O–H groups in total. The molecule has 10 heteroatoms. The lowest BCUT2D eigenvalue weighted by Crippen LogP contribution is -2.37. The summed E-state index contributed by atoms with van der Waals surface area (Å²) in [6.07, 6.45) is 0.759. The summed E-state index contributed by atoms with van der Waals surface area (Å²) in [6, 6.07) is 12.1. The lowest BCUT2D eigenvalue weighted by atomic mass is 10.0. The molecule has 3 aromatic rings. The van der Waals surface area contributed by atoms with Gasteiger partial charge in [0.25, 0.3) is 5.91 Å². The van der Waals surface area contributed by atoms with Crippen molar-refractivity contribution in [3.8, 4) is 23.1 Å². The molecule has 0 radical (unpaired) electrons. The van der Waals surface area contributed by atoms with Gasteiger partial charge in [-0.25, -0.2) is 0 Å². The van der Waals surface area contributed by atoms with Crippen LogP contribution < -0.4 is 20.5 Å². The Kier molecular flexibility index (Phi) is 6.02. The van der Waals surface area contributed by atoms with Crippen LogP contribution in [0.2, 0.25) is 0 Å². The first-order chi connectivity index (χ1) is 15.5. The van der Waals surface area contributed by atoms with Crippen molar-refractivity contribution in [2.24, 2.45) is 11.7 Å². The lowest BCUT2D eigenvalue weighted by Gasteiger charge is -2.18. The molecular weight excluding hydrogens is 414 g/mol. The molecule has 0 spiro atoms. The number of ether oxygens (including phenoxy) is 2. The Morgan fingerprint density at radius 1 is 1.06 bits per heavy atom. The topological polar surface area (TPSA) is 142 Å². The molecule has 2 heterocycles. The van der Waals surface area contributed by atoms with Gasteiger partial charge in [0.1, 0.15) is 5.56 Å². The van der Waals surface area contributed by atoms with E-state index in [9.17, 15) is 9.59 Å². The highest BCUT2D eigenvalue weighted by molar-refractivity contribution is 5.96. The highest BCUT2D eigenvalue weighted by Gasteiger charge is 2.42. The maximum absolute atomic E-state index is 13.0. The van der Waals surface area contributed by atoms with Gasteiger partial charge in [-0.15, -0.1) is 0 Å². The number of pyridine rings is 1. The monoisotopic (exact) mass is 437 g/mol. The summed E-state index contributed by atoms with van der Waals surface area (Å²) < 4.78 is 15.8. The fraction of sp³-hybridized carbons (Fsp3) is 0.318. The van der Waals surface area contributed by atoms with Gasteiger partial charge in [0.05, 0.1) is 20.1 Å². The Bertz CT molecular complexity index is 1120. The van der Waals surface area contributed by atoms with Crippen LogP contribution in [-0.4, -0.2) is 47.2 Å². The van der Waals surface area contributed by atoms with Crippen molar-refractivity contribution in [1.29, 1.82) is 0 Å². The summed E-state index contributed by atoms with van der Waals surface area (Å²) in [5.74, 6) is -0.380. The van der Waals surface area contributed by atoms with Crippen LogP contribution >= 0.6 is 0 Å². The molecule has 166 valence electrons. The van der Waals surface area contributed by atoms with Gasteiger partial charge in [0.2, 0.25) is 29.4 Å². The van der Waals surface area contributed by atoms with E-state index in [0.29, 0.717) is 30.4 Å². The highest BCUT2D eigenvalue weighted by Crippen LogP contribution is 2.39. The van der Waals surface area contributed by atoms with Gasteiger partial charge in [-0.05, 0) is 18.9 Å². The molecule has 10 nitrogen and oxygen atoms in total. The normalized spacial score (nSPS) is 20.0. The molecule has 4 rings (SSSR count). The first kappa shape index (κ1) is 21.3. The number of aromatic nitrogens is 3. The molecule has 2 aromatic heterocycles. The van der Waals surface area contributed by atoms with E-state index in [0.717, 1.165) is 5.56 Å². The van der Waals surface area contributed by atoms with E-state index in [1.54, 1.807) is 12.1 Å². The number of nitrogens with zero attached hydrogens (tertiary/aromatic N) is 3. The smallest absolute Gasteiger partial charge is 0.257 e. The average Bonchev–Trinajstić information content (AvgIpc) is 3.46. The number of hydrogen-bond donors (Lipinski definition) is 2. The van der Waals surface area contributed by atoms with Crippen LogP contribution in [0.1, 0.15) is 35.0 Å². The predicted molar refractivity (Wildman–Crippen MR) is 113 cm³/mol. The van der Waals surface area contributed by atoms with E-state index in [-0.39, 0.29) is 17.4 Å². The fourth-order valence-electron chi connectivity index (χ4n) is 3.90. The van der Waals surface area contributed by atoms with Crippen LogP contribution in [0.25, 0.3) is 11.4 Å². The minimum absolute atomic E-state index is 0.131. The number of rotatable bonds is 7. The number of carbonyl (C=O) groups excluding carboxylic acids is 2. The van der Waals surface area contributed by atoms with Crippen molar-refractivity contribution < 1.29 is 23.6 Å². The summed E-state index contributed by atoms with van der Waals surface area (Å²) in [5.41, 5.74) is 6.60. The third-order valence-corrected chi connectivity index (χ3v) is 5.55. The summed E-state index contributed by atoms with van der Waals surface area (Å²) in [6.45, 7) is 0. The van der Waals surface area contributed by atoms with Crippen LogP contribution in [-0.2, 0) is 4.79 Å². The number of carbonyl (C=O) groups is 2. The van der Waals surface area contributed by atoms with E-state index in [1.807, 2.05) is 30.3 Å². The summed E-state index contributed by atoms with van der Waals surface area (Å²) in [4.78, 5) is 33.5. The third-order valence-electron chi connectivity index (χ3n) is 5.55. The molecule has 3 unspecified atom stereocenters. The Morgan fingerprint density at radius 3 is 2.53 bits per heavy atom. The summed E-state index contributed by atoms with van der Waals surface area (Å²) in [7, 11) is 2.90. The molecule has 0 bridgehead atoms. The molecule has 2 amide bonds. The zero-order valence-corrected chi connectivity index (χ0v) is 17.6. The van der Waals surface area contributed by atoms with Gasteiger partial charge in [-0.3, -0.25) is 9.59 Å². The van der Waals surface area contributed by atoms with Crippen LogP contribution in [0.4, 0.5) is 0 Å². The average molecular weight is 437 g/mol. The van der Waals surface area contributed by atoms with Gasteiger partial charge in [0.15, 0.2) is 0 Å². The van der Waals surface area contributed by atoms with E-state index in [4.69, 9.17) is 19.7 Å². The second kappa shape index (κ2) is 9.04. The molecular formula is C22H23N5O5. The van der Waals surface area contributed by atoms with Crippen molar-refractivity contribution in [2.45, 2.75) is 24.8 Å². The predicted octanol–water partition coefficient (Wildman–Crippen LogP) is 1.93. The fourth-order valence-corrected chi connectivity index (χ4v) is 3.90. The number of methoxy groups -OCH3 is 2. The Morgan fingerprint density at radius 2 is 1.84 bits per heavy atom. The van der Waals surface area contributed by atoms with Crippen molar-refractivity contribution >= 4 is 11.8 Å². The van der Waals surface area contributed by atoms with Crippen LogP contribution in [0, 0.1) is 5.92 Å². The zero-order valence-electron chi connectivity index (χ0n) is 17.6. The first-order valence-electron chi connectivity index (χ1n) is 10.1. The third kappa shape index (κ3) is 4.25. The number of amides is 2. The number of nitrogens with one attached hydrogen (secondary N) is 1. The van der Waals surface area contributed by atoms with Crippen LogP contribution in [0.3, 0.4) is 0 Å². The van der Waals surface area contributed by atoms with Gasteiger partial charge < -0.3 is 25.0 Å². The van der Waals surface area contributed by atoms with Crippen molar-refractivity contribution in [1.82, 2.24) is 20.4 Å². The van der Waals surface area contributed by atoms with Gasteiger partial charge in [-0.2, -0.15) is 9.97 Å². The lowest BCUT2D eigenvalue weighted by molar-refractivity contribution is -0.121.